The lowest BCUT2D eigenvalue weighted by atomic mass is 10.1. The van der Waals surface area contributed by atoms with Crippen molar-refractivity contribution < 1.29 is 18.1 Å². The van der Waals surface area contributed by atoms with E-state index in [4.69, 9.17) is 0 Å². The van der Waals surface area contributed by atoms with Gasteiger partial charge in [0.2, 0.25) is 5.91 Å². The first kappa shape index (κ1) is 20.4. The first-order valence-corrected chi connectivity index (χ1v) is 9.72. The summed E-state index contributed by atoms with van der Waals surface area (Å²) < 4.78 is 28.2. The van der Waals surface area contributed by atoms with Crippen molar-refractivity contribution in [1.29, 1.82) is 0 Å². The number of nitro groups is 1. The van der Waals surface area contributed by atoms with Gasteiger partial charge in [0.25, 0.3) is 15.7 Å². The standard InChI is InChI=1S/C18H21N3O5S/c1-5-18(22)19-14-7-6-11(2)16(9-14)20-27(25,26)17-10-15(21(23)24)8-12(3)13(17)4/h6-10,20H,5H2,1-4H3,(H,19,22). The molecule has 8 nitrogen and oxygen atoms in total. The molecule has 0 saturated heterocycles. The summed E-state index contributed by atoms with van der Waals surface area (Å²) in [6.45, 7) is 6.64. The monoisotopic (exact) mass is 391 g/mol. The smallest absolute Gasteiger partial charge is 0.271 e. The summed E-state index contributed by atoms with van der Waals surface area (Å²) in [4.78, 5) is 21.9. The number of benzene rings is 2. The Morgan fingerprint density at radius 2 is 1.78 bits per heavy atom. The number of amides is 1. The summed E-state index contributed by atoms with van der Waals surface area (Å²) in [7, 11) is -4.06. The Balaban J connectivity index is 2.47. The number of nitro benzene ring substituents is 1. The van der Waals surface area contributed by atoms with Crippen molar-refractivity contribution in [3.05, 3.63) is 57.1 Å². The van der Waals surface area contributed by atoms with Gasteiger partial charge >= 0.3 is 0 Å². The predicted octanol–water partition coefficient (Wildman–Crippen LogP) is 3.67. The molecule has 0 aromatic heterocycles. The Labute approximate surface area is 157 Å². The Morgan fingerprint density at radius 1 is 1.11 bits per heavy atom. The van der Waals surface area contributed by atoms with Gasteiger partial charge in [0.1, 0.15) is 0 Å². The van der Waals surface area contributed by atoms with Crippen LogP contribution in [0.15, 0.2) is 35.2 Å². The number of aryl methyl sites for hydroxylation is 2. The maximum atomic E-state index is 12.9. The third-order valence-electron chi connectivity index (χ3n) is 4.19. The zero-order valence-electron chi connectivity index (χ0n) is 15.5. The van der Waals surface area contributed by atoms with Gasteiger partial charge in [-0.1, -0.05) is 13.0 Å². The van der Waals surface area contributed by atoms with Crippen LogP contribution in [0.4, 0.5) is 17.1 Å². The highest BCUT2D eigenvalue weighted by Crippen LogP contribution is 2.29. The molecule has 1 amide bonds. The minimum atomic E-state index is -4.06. The third-order valence-corrected chi connectivity index (χ3v) is 5.68. The van der Waals surface area contributed by atoms with Gasteiger partial charge in [-0.15, -0.1) is 0 Å². The summed E-state index contributed by atoms with van der Waals surface area (Å²) in [5, 5.41) is 13.7. The molecule has 9 heteroatoms. The van der Waals surface area contributed by atoms with Crippen LogP contribution in [-0.2, 0) is 14.8 Å². The second-order valence-corrected chi connectivity index (χ2v) is 7.83. The molecule has 0 fully saturated rings. The van der Waals surface area contributed by atoms with E-state index in [1.54, 1.807) is 39.8 Å². The minimum absolute atomic E-state index is 0.156. The van der Waals surface area contributed by atoms with E-state index in [-0.39, 0.29) is 22.2 Å². The molecule has 0 spiro atoms. The number of nitrogens with zero attached hydrogens (tertiary/aromatic N) is 1. The molecular weight excluding hydrogens is 370 g/mol. The second-order valence-electron chi connectivity index (χ2n) is 6.18. The van der Waals surface area contributed by atoms with Crippen molar-refractivity contribution >= 4 is 33.0 Å². The second kappa shape index (κ2) is 7.75. The molecule has 2 rings (SSSR count). The molecule has 0 saturated carbocycles. The molecule has 2 aromatic rings. The highest BCUT2D eigenvalue weighted by molar-refractivity contribution is 7.92. The van der Waals surface area contributed by atoms with Gasteiger partial charge in [-0.2, -0.15) is 0 Å². The number of carbonyl (C=O) groups excluding carboxylic acids is 1. The molecule has 0 aliphatic heterocycles. The van der Waals surface area contributed by atoms with E-state index in [1.807, 2.05) is 0 Å². The molecular formula is C18H21N3O5S. The van der Waals surface area contributed by atoms with Crippen molar-refractivity contribution in [2.75, 3.05) is 10.0 Å². The molecule has 0 atom stereocenters. The van der Waals surface area contributed by atoms with E-state index in [1.165, 1.54) is 12.1 Å². The molecule has 0 heterocycles. The van der Waals surface area contributed by atoms with Crippen LogP contribution in [0.5, 0.6) is 0 Å². The molecule has 0 unspecified atom stereocenters. The largest absolute Gasteiger partial charge is 0.326 e. The van der Waals surface area contributed by atoms with Crippen molar-refractivity contribution in [3.8, 4) is 0 Å². The molecule has 0 aliphatic rings. The SMILES string of the molecule is CCC(=O)Nc1ccc(C)c(NS(=O)(=O)c2cc([N+](=O)[O-])cc(C)c2C)c1. The average Bonchev–Trinajstić information content (AvgIpc) is 2.59. The first-order valence-electron chi connectivity index (χ1n) is 8.24. The number of anilines is 2. The van der Waals surface area contributed by atoms with Crippen LogP contribution < -0.4 is 10.0 Å². The van der Waals surface area contributed by atoms with Crippen LogP contribution in [0, 0.1) is 30.9 Å². The highest BCUT2D eigenvalue weighted by atomic mass is 32.2. The maximum absolute atomic E-state index is 12.9. The third kappa shape index (κ3) is 4.62. The minimum Gasteiger partial charge on any atom is -0.326 e. The van der Waals surface area contributed by atoms with Crippen LogP contribution in [0.3, 0.4) is 0 Å². The Kier molecular flexibility index (Phi) is 5.85. The fourth-order valence-electron chi connectivity index (χ4n) is 2.45. The molecule has 0 aliphatic carbocycles. The van der Waals surface area contributed by atoms with Crippen molar-refractivity contribution in [2.24, 2.45) is 0 Å². The van der Waals surface area contributed by atoms with Crippen LogP contribution in [0.2, 0.25) is 0 Å². The van der Waals surface area contributed by atoms with Gasteiger partial charge in [0.05, 0.1) is 15.5 Å². The van der Waals surface area contributed by atoms with E-state index in [9.17, 15) is 23.3 Å². The zero-order valence-corrected chi connectivity index (χ0v) is 16.3. The predicted molar refractivity (Wildman–Crippen MR) is 103 cm³/mol. The van der Waals surface area contributed by atoms with Crippen molar-refractivity contribution in [3.63, 3.8) is 0 Å². The molecule has 0 bridgehead atoms. The summed E-state index contributed by atoms with van der Waals surface area (Å²) in [6, 6.07) is 7.24. The average molecular weight is 391 g/mol. The van der Waals surface area contributed by atoms with E-state index < -0.39 is 14.9 Å². The van der Waals surface area contributed by atoms with Crippen molar-refractivity contribution in [2.45, 2.75) is 39.0 Å². The van der Waals surface area contributed by atoms with Gasteiger partial charge in [-0.05, 0) is 49.6 Å². The molecule has 2 aromatic carbocycles. The van der Waals surface area contributed by atoms with E-state index >= 15 is 0 Å². The quantitative estimate of drug-likeness (QED) is 0.575. The summed E-state index contributed by atoms with van der Waals surface area (Å²) in [5.41, 5.74) is 2.03. The normalized spacial score (nSPS) is 11.1. The molecule has 144 valence electrons. The summed E-state index contributed by atoms with van der Waals surface area (Å²) >= 11 is 0. The number of non-ortho nitro benzene ring substituents is 1. The Bertz CT molecular complexity index is 1020. The molecule has 27 heavy (non-hydrogen) atoms. The van der Waals surface area contributed by atoms with E-state index in [0.717, 1.165) is 6.07 Å². The van der Waals surface area contributed by atoms with E-state index in [0.29, 0.717) is 28.8 Å². The van der Waals surface area contributed by atoms with E-state index in [2.05, 4.69) is 10.0 Å². The zero-order chi connectivity index (χ0) is 20.4. The Morgan fingerprint density at radius 3 is 2.37 bits per heavy atom. The summed E-state index contributed by atoms with van der Waals surface area (Å²) in [6.07, 6.45) is 0.293. The number of hydrogen-bond acceptors (Lipinski definition) is 5. The molecule has 0 radical (unpaired) electrons. The first-order chi connectivity index (χ1) is 12.5. The maximum Gasteiger partial charge on any atom is 0.271 e. The van der Waals surface area contributed by atoms with Crippen molar-refractivity contribution in [1.82, 2.24) is 0 Å². The summed E-state index contributed by atoms with van der Waals surface area (Å²) in [5.74, 6) is -0.196. The van der Waals surface area contributed by atoms with Gasteiger partial charge < -0.3 is 5.32 Å². The molecule has 2 N–H and O–H groups in total. The fourth-order valence-corrected chi connectivity index (χ4v) is 3.91. The number of hydrogen-bond donors (Lipinski definition) is 2. The van der Waals surface area contributed by atoms with Crippen LogP contribution >= 0.6 is 0 Å². The van der Waals surface area contributed by atoms with Gasteiger partial charge in [0, 0.05) is 24.2 Å². The number of sulfonamides is 1. The Hall–Kier alpha value is -2.94. The highest BCUT2D eigenvalue weighted by Gasteiger charge is 2.23. The lowest BCUT2D eigenvalue weighted by Crippen LogP contribution is -2.16. The van der Waals surface area contributed by atoms with Crippen LogP contribution in [0.1, 0.15) is 30.0 Å². The number of nitrogens with one attached hydrogen (secondary N) is 2. The lowest BCUT2D eigenvalue weighted by molar-refractivity contribution is -0.385. The van der Waals surface area contributed by atoms with Gasteiger partial charge in [0.15, 0.2) is 0 Å². The van der Waals surface area contributed by atoms with Gasteiger partial charge in [-0.3, -0.25) is 19.6 Å². The fraction of sp³-hybridized carbons (Fsp3) is 0.278. The topological polar surface area (TPSA) is 118 Å². The van der Waals surface area contributed by atoms with Crippen LogP contribution in [0.25, 0.3) is 0 Å². The van der Waals surface area contributed by atoms with Gasteiger partial charge in [-0.25, -0.2) is 8.42 Å². The van der Waals surface area contributed by atoms with Crippen LogP contribution in [-0.4, -0.2) is 19.2 Å². The number of rotatable bonds is 6. The number of carbonyl (C=O) groups is 1. The lowest BCUT2D eigenvalue weighted by Gasteiger charge is -2.15.